The summed E-state index contributed by atoms with van der Waals surface area (Å²) >= 11 is 3.13. The molecule has 20 heavy (non-hydrogen) atoms. The van der Waals surface area contributed by atoms with Gasteiger partial charge in [-0.2, -0.15) is 0 Å². The van der Waals surface area contributed by atoms with E-state index in [1.54, 1.807) is 17.7 Å². The van der Waals surface area contributed by atoms with Gasteiger partial charge in [-0.15, -0.1) is 11.3 Å². The van der Waals surface area contributed by atoms with Gasteiger partial charge >= 0.3 is 0 Å². The van der Waals surface area contributed by atoms with Crippen molar-refractivity contribution in [2.75, 3.05) is 12.3 Å². The van der Waals surface area contributed by atoms with Gasteiger partial charge in [0.15, 0.2) is 0 Å². The van der Waals surface area contributed by atoms with Gasteiger partial charge in [0.05, 0.1) is 5.75 Å². The zero-order chi connectivity index (χ0) is 13.9. The fourth-order valence-electron chi connectivity index (χ4n) is 2.56. The fourth-order valence-corrected chi connectivity index (χ4v) is 4.23. The lowest BCUT2D eigenvalue weighted by Gasteiger charge is -2.33. The zero-order valence-corrected chi connectivity index (χ0v) is 13.0. The van der Waals surface area contributed by atoms with Crippen LogP contribution in [0.5, 0.6) is 0 Å². The predicted molar refractivity (Wildman–Crippen MR) is 83.2 cm³/mol. The van der Waals surface area contributed by atoms with E-state index in [0.29, 0.717) is 11.8 Å². The van der Waals surface area contributed by atoms with Crippen molar-refractivity contribution in [1.82, 2.24) is 14.9 Å². The molecule has 3 rings (SSSR count). The lowest BCUT2D eigenvalue weighted by Crippen LogP contribution is -2.42. The van der Waals surface area contributed by atoms with Gasteiger partial charge in [0.1, 0.15) is 16.2 Å². The standard InChI is InChI=1S/C14H17N3OS2/c1-10-4-2-3-6-17(10)12(18)8-20-14-11-5-7-19-13(11)15-9-16-14/h5,7,9-10H,2-4,6,8H2,1H3/t10-/m0/s1. The van der Waals surface area contributed by atoms with Crippen LogP contribution in [-0.2, 0) is 4.79 Å². The smallest absolute Gasteiger partial charge is 0.233 e. The fraction of sp³-hybridized carbons (Fsp3) is 0.500. The minimum atomic E-state index is 0.226. The number of thioether (sulfide) groups is 1. The number of hydrogen-bond acceptors (Lipinski definition) is 5. The van der Waals surface area contributed by atoms with E-state index < -0.39 is 0 Å². The molecule has 106 valence electrons. The Morgan fingerprint density at radius 3 is 3.25 bits per heavy atom. The molecule has 3 heterocycles. The lowest BCUT2D eigenvalue weighted by atomic mass is 10.0. The second-order valence-electron chi connectivity index (χ2n) is 5.04. The Labute approximate surface area is 126 Å². The Kier molecular flexibility index (Phi) is 4.21. The summed E-state index contributed by atoms with van der Waals surface area (Å²) in [6, 6.07) is 2.40. The SMILES string of the molecule is C[C@H]1CCCCN1C(=O)CSc1ncnc2sccc12. The van der Waals surface area contributed by atoms with E-state index in [1.165, 1.54) is 18.2 Å². The highest BCUT2D eigenvalue weighted by Crippen LogP contribution is 2.28. The summed E-state index contributed by atoms with van der Waals surface area (Å²) < 4.78 is 0. The third kappa shape index (κ3) is 2.81. The number of fused-ring (bicyclic) bond motifs is 1. The van der Waals surface area contributed by atoms with Gasteiger partial charge < -0.3 is 4.90 Å². The minimum absolute atomic E-state index is 0.226. The normalized spacial score (nSPS) is 19.4. The van der Waals surface area contributed by atoms with Crippen molar-refractivity contribution >= 4 is 39.2 Å². The number of amides is 1. The van der Waals surface area contributed by atoms with Crippen molar-refractivity contribution in [2.45, 2.75) is 37.3 Å². The monoisotopic (exact) mass is 307 g/mol. The predicted octanol–water partition coefficient (Wildman–Crippen LogP) is 3.18. The van der Waals surface area contributed by atoms with Gasteiger partial charge in [-0.1, -0.05) is 11.8 Å². The average Bonchev–Trinajstić information content (AvgIpc) is 2.94. The maximum atomic E-state index is 12.3. The number of thiophene rings is 1. The number of nitrogens with zero attached hydrogens (tertiary/aromatic N) is 3. The Hall–Kier alpha value is -1.14. The molecule has 1 saturated heterocycles. The zero-order valence-electron chi connectivity index (χ0n) is 11.4. The van der Waals surface area contributed by atoms with Gasteiger partial charge in [0.25, 0.3) is 0 Å². The highest BCUT2D eigenvalue weighted by atomic mass is 32.2. The van der Waals surface area contributed by atoms with E-state index in [1.807, 2.05) is 16.3 Å². The molecule has 1 amide bonds. The molecule has 0 unspecified atom stereocenters. The molecule has 0 radical (unpaired) electrons. The van der Waals surface area contributed by atoms with Crippen LogP contribution in [0, 0.1) is 0 Å². The number of carbonyl (C=O) groups is 1. The molecule has 2 aromatic heterocycles. The van der Waals surface area contributed by atoms with Crippen LogP contribution >= 0.6 is 23.1 Å². The Morgan fingerprint density at radius 2 is 2.40 bits per heavy atom. The third-order valence-corrected chi connectivity index (χ3v) is 5.49. The van der Waals surface area contributed by atoms with E-state index >= 15 is 0 Å². The summed E-state index contributed by atoms with van der Waals surface area (Å²) in [5, 5.41) is 3.98. The molecule has 1 aliphatic heterocycles. The Morgan fingerprint density at radius 1 is 1.50 bits per heavy atom. The van der Waals surface area contributed by atoms with Crippen molar-refractivity contribution in [3.63, 3.8) is 0 Å². The van der Waals surface area contributed by atoms with Crippen LogP contribution in [0.2, 0.25) is 0 Å². The van der Waals surface area contributed by atoms with E-state index in [0.717, 1.165) is 34.6 Å². The van der Waals surface area contributed by atoms with Crippen molar-refractivity contribution in [3.05, 3.63) is 17.8 Å². The number of piperidine rings is 1. The van der Waals surface area contributed by atoms with Gasteiger partial charge in [0, 0.05) is 18.0 Å². The lowest BCUT2D eigenvalue weighted by molar-refractivity contribution is -0.131. The van der Waals surface area contributed by atoms with Gasteiger partial charge in [0.2, 0.25) is 5.91 Å². The number of carbonyl (C=O) groups excluding carboxylic acids is 1. The van der Waals surface area contributed by atoms with E-state index in [9.17, 15) is 4.79 Å². The summed E-state index contributed by atoms with van der Waals surface area (Å²) in [7, 11) is 0. The van der Waals surface area contributed by atoms with E-state index in [-0.39, 0.29) is 5.91 Å². The van der Waals surface area contributed by atoms with Crippen LogP contribution in [0.4, 0.5) is 0 Å². The summed E-state index contributed by atoms with van der Waals surface area (Å²) in [4.78, 5) is 23.9. The highest BCUT2D eigenvalue weighted by molar-refractivity contribution is 8.00. The number of aromatic nitrogens is 2. The first-order valence-corrected chi connectivity index (χ1v) is 8.72. The minimum Gasteiger partial charge on any atom is -0.339 e. The molecular weight excluding hydrogens is 290 g/mol. The van der Waals surface area contributed by atoms with Crippen molar-refractivity contribution < 1.29 is 4.79 Å². The van der Waals surface area contributed by atoms with E-state index in [4.69, 9.17) is 0 Å². The van der Waals surface area contributed by atoms with Gasteiger partial charge in [-0.25, -0.2) is 9.97 Å². The Bertz CT molecular complexity index is 613. The molecule has 1 aliphatic rings. The molecule has 1 fully saturated rings. The molecule has 2 aromatic rings. The largest absolute Gasteiger partial charge is 0.339 e. The first kappa shape index (κ1) is 13.8. The van der Waals surface area contributed by atoms with Gasteiger partial charge in [-0.3, -0.25) is 4.79 Å². The van der Waals surface area contributed by atoms with Crippen LogP contribution < -0.4 is 0 Å². The molecule has 0 aromatic carbocycles. The molecular formula is C14H17N3OS2. The quantitative estimate of drug-likeness (QED) is 0.645. The molecule has 1 atom stereocenters. The van der Waals surface area contributed by atoms with Crippen molar-refractivity contribution in [3.8, 4) is 0 Å². The first-order valence-electron chi connectivity index (χ1n) is 6.86. The van der Waals surface area contributed by atoms with Crippen molar-refractivity contribution in [1.29, 1.82) is 0 Å². The first-order chi connectivity index (χ1) is 9.75. The topological polar surface area (TPSA) is 46.1 Å². The summed E-state index contributed by atoms with van der Waals surface area (Å²) in [6.07, 6.45) is 5.07. The van der Waals surface area contributed by atoms with Crippen LogP contribution in [0.3, 0.4) is 0 Å². The summed E-state index contributed by atoms with van der Waals surface area (Å²) in [5.41, 5.74) is 0. The second kappa shape index (κ2) is 6.10. The number of rotatable bonds is 3. The summed E-state index contributed by atoms with van der Waals surface area (Å²) in [5.74, 6) is 0.691. The molecule has 0 N–H and O–H groups in total. The van der Waals surface area contributed by atoms with Crippen molar-refractivity contribution in [2.24, 2.45) is 0 Å². The third-order valence-electron chi connectivity index (χ3n) is 3.68. The molecule has 4 nitrogen and oxygen atoms in total. The Balaban J connectivity index is 1.67. The maximum Gasteiger partial charge on any atom is 0.233 e. The molecule has 0 saturated carbocycles. The van der Waals surface area contributed by atoms with Crippen LogP contribution in [-0.4, -0.2) is 39.1 Å². The molecule has 0 bridgehead atoms. The molecule has 0 spiro atoms. The van der Waals surface area contributed by atoms with Gasteiger partial charge in [-0.05, 0) is 37.6 Å². The molecule has 0 aliphatic carbocycles. The highest BCUT2D eigenvalue weighted by Gasteiger charge is 2.23. The number of hydrogen-bond donors (Lipinski definition) is 0. The maximum absolute atomic E-state index is 12.3. The van der Waals surface area contributed by atoms with E-state index in [2.05, 4.69) is 16.9 Å². The van der Waals surface area contributed by atoms with Crippen LogP contribution in [0.1, 0.15) is 26.2 Å². The average molecular weight is 307 g/mol. The van der Waals surface area contributed by atoms with Crippen LogP contribution in [0.15, 0.2) is 22.8 Å². The second-order valence-corrected chi connectivity index (χ2v) is 6.90. The number of likely N-dealkylation sites (tertiary alicyclic amines) is 1. The van der Waals surface area contributed by atoms with Crippen LogP contribution in [0.25, 0.3) is 10.2 Å². The molecule has 6 heteroatoms. The summed E-state index contributed by atoms with van der Waals surface area (Å²) in [6.45, 7) is 3.04.